The number of hydrogen-bond donors (Lipinski definition) is 1. The molecule has 1 N–H and O–H groups in total. The van der Waals surface area contributed by atoms with E-state index in [9.17, 15) is 9.90 Å². The Hall–Kier alpha value is -2.21. The van der Waals surface area contributed by atoms with Crippen LogP contribution in [0.1, 0.15) is 43.7 Å². The van der Waals surface area contributed by atoms with Gasteiger partial charge < -0.3 is 9.84 Å². The van der Waals surface area contributed by atoms with Crippen LogP contribution in [0.2, 0.25) is 0 Å². The van der Waals surface area contributed by atoms with Gasteiger partial charge in [-0.15, -0.1) is 0 Å². The van der Waals surface area contributed by atoms with Gasteiger partial charge in [-0.05, 0) is 30.9 Å². The van der Waals surface area contributed by atoms with Crippen molar-refractivity contribution in [1.29, 1.82) is 0 Å². The average molecular weight is 368 g/mol. The molecule has 0 unspecified atom stereocenters. The Morgan fingerprint density at radius 2 is 1.59 bits per heavy atom. The van der Waals surface area contributed by atoms with Gasteiger partial charge in [0.1, 0.15) is 5.41 Å². The van der Waals surface area contributed by atoms with Crippen LogP contribution in [0.25, 0.3) is 0 Å². The molecule has 27 heavy (non-hydrogen) atoms. The number of benzene rings is 2. The minimum absolute atomic E-state index is 0.251. The third kappa shape index (κ3) is 2.69. The van der Waals surface area contributed by atoms with E-state index in [1.807, 2.05) is 60.7 Å². The van der Waals surface area contributed by atoms with Crippen LogP contribution in [-0.4, -0.2) is 23.5 Å². The summed E-state index contributed by atoms with van der Waals surface area (Å²) in [5.41, 5.74) is -0.443. The van der Waals surface area contributed by atoms with Gasteiger partial charge in [-0.3, -0.25) is 4.79 Å². The largest absolute Gasteiger partial charge is 0.465 e. The third-order valence-corrected chi connectivity index (χ3v) is 5.89. The van der Waals surface area contributed by atoms with Gasteiger partial charge >= 0.3 is 5.97 Å². The van der Waals surface area contributed by atoms with Crippen molar-refractivity contribution in [3.8, 4) is 0 Å². The Kier molecular flexibility index (Phi) is 4.54. The molecule has 2 aliphatic rings. The minimum atomic E-state index is -1.67. The third-order valence-electron chi connectivity index (χ3n) is 5.89. The smallest absolute Gasteiger partial charge is 0.317 e. The maximum absolute atomic E-state index is 13.0. The van der Waals surface area contributed by atoms with E-state index in [1.165, 1.54) is 0 Å². The zero-order chi connectivity index (χ0) is 19.0. The quantitative estimate of drug-likeness (QED) is 0.658. The van der Waals surface area contributed by atoms with Crippen molar-refractivity contribution in [2.24, 2.45) is 5.41 Å². The maximum Gasteiger partial charge on any atom is 0.317 e. The summed E-state index contributed by atoms with van der Waals surface area (Å²) in [6, 6.07) is 19.4. The van der Waals surface area contributed by atoms with Crippen molar-refractivity contribution in [1.82, 2.24) is 0 Å². The van der Waals surface area contributed by atoms with Crippen molar-refractivity contribution in [3.63, 3.8) is 0 Å². The number of ether oxygens (including phenoxy) is 1. The predicted molar refractivity (Wildman–Crippen MR) is 98.3 cm³/mol. The number of carbonyl (C=O) groups is 1. The summed E-state index contributed by atoms with van der Waals surface area (Å²) < 4.78 is 5.38. The Morgan fingerprint density at radius 3 is 2.15 bits per heavy atom. The lowest BCUT2D eigenvalue weighted by molar-refractivity contribution is -0.504. The van der Waals surface area contributed by atoms with E-state index in [0.717, 1.165) is 11.1 Å². The Bertz CT molecular complexity index is 766. The van der Waals surface area contributed by atoms with E-state index in [2.05, 4.69) is 0 Å². The molecule has 1 heterocycles. The minimum Gasteiger partial charge on any atom is -0.465 e. The molecule has 1 aliphatic carbocycles. The molecule has 1 saturated carbocycles. The normalized spacial score (nSPS) is 29.1. The molecule has 2 aromatic rings. The fraction of sp³-hybridized carbons (Fsp3) is 0.409. The van der Waals surface area contributed by atoms with Gasteiger partial charge in [-0.1, -0.05) is 60.7 Å². The highest BCUT2D eigenvalue weighted by molar-refractivity contribution is 5.79. The zero-order valence-electron chi connectivity index (χ0n) is 15.4. The molecule has 2 aromatic carbocycles. The summed E-state index contributed by atoms with van der Waals surface area (Å²) >= 11 is 0. The lowest BCUT2D eigenvalue weighted by Crippen LogP contribution is -2.60. The Balaban J connectivity index is 1.88. The molecular weight excluding hydrogens is 344 g/mol. The van der Waals surface area contributed by atoms with Crippen molar-refractivity contribution < 1.29 is 24.4 Å². The number of carbonyl (C=O) groups excluding carboxylic acids is 1. The molecule has 2 fully saturated rings. The van der Waals surface area contributed by atoms with Gasteiger partial charge in [0.05, 0.1) is 6.61 Å². The van der Waals surface area contributed by atoms with Crippen LogP contribution in [0.3, 0.4) is 0 Å². The molecule has 1 saturated heterocycles. The SMILES string of the molecule is CCOC(=O)[C@]12CCC[C@@]1(O)OOC(c1ccccc1)(c1ccccc1)C2. The molecule has 0 amide bonds. The van der Waals surface area contributed by atoms with Crippen molar-refractivity contribution in [2.75, 3.05) is 6.61 Å². The summed E-state index contributed by atoms with van der Waals surface area (Å²) in [6.45, 7) is 2.02. The predicted octanol–water partition coefficient (Wildman–Crippen LogP) is 3.70. The summed E-state index contributed by atoms with van der Waals surface area (Å²) in [6.07, 6.45) is 1.75. The monoisotopic (exact) mass is 368 g/mol. The molecule has 4 rings (SSSR count). The van der Waals surface area contributed by atoms with Crippen LogP contribution >= 0.6 is 0 Å². The van der Waals surface area contributed by atoms with E-state index in [4.69, 9.17) is 14.5 Å². The van der Waals surface area contributed by atoms with Gasteiger partial charge in [0, 0.05) is 12.8 Å². The number of aliphatic hydroxyl groups is 1. The fourth-order valence-corrected chi connectivity index (χ4v) is 4.49. The first-order valence-corrected chi connectivity index (χ1v) is 9.44. The standard InChI is InChI=1S/C22H24O5/c1-2-25-19(23)20-14-9-15-22(20,24)27-26-21(16-20,17-10-5-3-6-11-17)18-12-7-4-8-13-18/h3-8,10-13,24H,2,9,14-16H2,1H3/t20-,22-/m1/s1. The number of rotatable bonds is 4. The van der Waals surface area contributed by atoms with Crippen LogP contribution < -0.4 is 0 Å². The fourth-order valence-electron chi connectivity index (χ4n) is 4.49. The van der Waals surface area contributed by atoms with Gasteiger partial charge in [-0.25, -0.2) is 4.89 Å². The molecule has 1 aliphatic heterocycles. The van der Waals surface area contributed by atoms with Crippen molar-refractivity contribution in [3.05, 3.63) is 71.8 Å². The summed E-state index contributed by atoms with van der Waals surface area (Å²) in [5, 5.41) is 11.1. The molecule has 142 valence electrons. The highest BCUT2D eigenvalue weighted by Gasteiger charge is 2.69. The van der Waals surface area contributed by atoms with E-state index in [0.29, 0.717) is 19.3 Å². The molecular formula is C22H24O5. The van der Waals surface area contributed by atoms with Gasteiger partial charge in [-0.2, -0.15) is 4.89 Å². The second-order valence-electron chi connectivity index (χ2n) is 7.34. The van der Waals surface area contributed by atoms with Gasteiger partial charge in [0.15, 0.2) is 5.60 Å². The maximum atomic E-state index is 13.0. The molecule has 0 spiro atoms. The molecule has 0 bridgehead atoms. The highest BCUT2D eigenvalue weighted by Crippen LogP contribution is 2.60. The second-order valence-corrected chi connectivity index (χ2v) is 7.34. The first-order valence-electron chi connectivity index (χ1n) is 9.44. The lowest BCUT2D eigenvalue weighted by Gasteiger charge is -2.50. The van der Waals surface area contributed by atoms with Gasteiger partial charge in [0.2, 0.25) is 5.79 Å². The van der Waals surface area contributed by atoms with Crippen LogP contribution in [-0.2, 0) is 24.9 Å². The van der Waals surface area contributed by atoms with E-state index in [1.54, 1.807) is 6.92 Å². The topological polar surface area (TPSA) is 65.0 Å². The van der Waals surface area contributed by atoms with Crippen molar-refractivity contribution >= 4 is 5.97 Å². The molecule has 0 aromatic heterocycles. The number of fused-ring (bicyclic) bond motifs is 1. The Labute approximate surface area is 158 Å². The molecule has 5 nitrogen and oxygen atoms in total. The van der Waals surface area contributed by atoms with E-state index >= 15 is 0 Å². The number of esters is 1. The average Bonchev–Trinajstić information content (AvgIpc) is 3.06. The van der Waals surface area contributed by atoms with Crippen molar-refractivity contribution in [2.45, 2.75) is 44.0 Å². The molecule has 0 radical (unpaired) electrons. The summed E-state index contributed by atoms with van der Waals surface area (Å²) in [7, 11) is 0. The summed E-state index contributed by atoms with van der Waals surface area (Å²) in [4.78, 5) is 24.6. The number of hydrogen-bond acceptors (Lipinski definition) is 5. The van der Waals surface area contributed by atoms with Gasteiger partial charge in [0.25, 0.3) is 0 Å². The second kappa shape index (κ2) is 6.75. The molecule has 5 heteroatoms. The highest BCUT2D eigenvalue weighted by atomic mass is 17.2. The first kappa shape index (κ1) is 18.2. The van der Waals surface area contributed by atoms with E-state index in [-0.39, 0.29) is 13.0 Å². The Morgan fingerprint density at radius 1 is 1.00 bits per heavy atom. The van der Waals surface area contributed by atoms with Crippen LogP contribution in [0.4, 0.5) is 0 Å². The zero-order valence-corrected chi connectivity index (χ0v) is 15.4. The summed E-state index contributed by atoms with van der Waals surface area (Å²) in [5.74, 6) is -2.10. The first-order chi connectivity index (χ1) is 13.1. The molecule has 2 atom stereocenters. The van der Waals surface area contributed by atoms with E-state index < -0.39 is 22.8 Å². The van der Waals surface area contributed by atoms with Crippen LogP contribution in [0.15, 0.2) is 60.7 Å². The van der Waals surface area contributed by atoms with Crippen LogP contribution in [0.5, 0.6) is 0 Å². The van der Waals surface area contributed by atoms with Crippen LogP contribution in [0, 0.1) is 5.41 Å². The lowest BCUT2D eigenvalue weighted by atomic mass is 9.67.